The van der Waals surface area contributed by atoms with Gasteiger partial charge in [-0.25, -0.2) is 17.6 Å². The number of sulfone groups is 1. The third-order valence-corrected chi connectivity index (χ3v) is 8.10. The molecule has 0 radical (unpaired) electrons. The molecule has 1 aromatic carbocycles. The van der Waals surface area contributed by atoms with E-state index in [0.717, 1.165) is 18.4 Å². The highest BCUT2D eigenvalue weighted by Gasteiger charge is 2.26. The van der Waals surface area contributed by atoms with Crippen LogP contribution >= 0.6 is 0 Å². The maximum Gasteiger partial charge on any atom is 0.324 e. The molecule has 3 rings (SSSR count). The zero-order valence-corrected chi connectivity index (χ0v) is 20.3. The van der Waals surface area contributed by atoms with Crippen molar-refractivity contribution in [1.82, 2.24) is 10.2 Å². The lowest BCUT2D eigenvalue weighted by Crippen LogP contribution is -2.49. The fourth-order valence-corrected chi connectivity index (χ4v) is 5.93. The first-order valence-corrected chi connectivity index (χ1v) is 13.7. The molecule has 7 nitrogen and oxygen atoms in total. The Morgan fingerprint density at radius 1 is 1.18 bits per heavy atom. The Morgan fingerprint density at radius 3 is 2.61 bits per heavy atom. The van der Waals surface area contributed by atoms with Gasteiger partial charge in [-0.3, -0.25) is 10.1 Å². The van der Waals surface area contributed by atoms with Crippen molar-refractivity contribution in [3.05, 3.63) is 29.6 Å². The number of ether oxygens (including phenoxy) is 1. The van der Waals surface area contributed by atoms with Gasteiger partial charge in [-0.2, -0.15) is 0 Å². The van der Waals surface area contributed by atoms with Gasteiger partial charge in [0.05, 0.1) is 18.1 Å². The van der Waals surface area contributed by atoms with Crippen LogP contribution in [0.1, 0.15) is 63.9 Å². The second-order valence-corrected chi connectivity index (χ2v) is 11.8. The molecule has 184 valence electrons. The van der Waals surface area contributed by atoms with Crippen molar-refractivity contribution in [1.29, 1.82) is 0 Å². The second-order valence-electron chi connectivity index (χ2n) is 9.56. The summed E-state index contributed by atoms with van der Waals surface area (Å²) in [5.41, 5.74) is 0.784. The molecule has 2 fully saturated rings. The molecule has 1 aliphatic carbocycles. The number of imide groups is 1. The van der Waals surface area contributed by atoms with Crippen molar-refractivity contribution in [2.75, 3.05) is 31.2 Å². The predicted molar refractivity (Wildman–Crippen MR) is 124 cm³/mol. The first-order chi connectivity index (χ1) is 15.6. The lowest BCUT2D eigenvalue weighted by Gasteiger charge is -2.26. The Hall–Kier alpha value is -2.16. The van der Waals surface area contributed by atoms with Gasteiger partial charge in [0.1, 0.15) is 0 Å². The average molecular weight is 483 g/mol. The van der Waals surface area contributed by atoms with Crippen molar-refractivity contribution < 1.29 is 27.1 Å². The highest BCUT2D eigenvalue weighted by molar-refractivity contribution is 7.91. The molecule has 9 heteroatoms. The van der Waals surface area contributed by atoms with E-state index >= 15 is 0 Å². The molecule has 0 bridgehead atoms. The Morgan fingerprint density at radius 2 is 1.94 bits per heavy atom. The smallest absolute Gasteiger partial charge is 0.324 e. The molecule has 1 saturated heterocycles. The number of amides is 3. The number of benzene rings is 1. The van der Waals surface area contributed by atoms with Crippen molar-refractivity contribution in [3.8, 4) is 5.75 Å². The molecule has 0 spiro atoms. The summed E-state index contributed by atoms with van der Waals surface area (Å²) in [6.45, 7) is 5.36. The minimum atomic E-state index is -3.31. The molecule has 1 aliphatic heterocycles. The number of carbonyl (C=O) groups excluding carboxylic acids is 2. The maximum atomic E-state index is 14.2. The van der Waals surface area contributed by atoms with Gasteiger partial charge in [0.25, 0.3) is 0 Å². The van der Waals surface area contributed by atoms with E-state index in [1.165, 1.54) is 6.07 Å². The van der Waals surface area contributed by atoms with Gasteiger partial charge in [-0.05, 0) is 55.2 Å². The monoisotopic (exact) mass is 482 g/mol. The van der Waals surface area contributed by atoms with Crippen molar-refractivity contribution >= 4 is 21.8 Å². The number of hydrogen-bond acceptors (Lipinski definition) is 5. The zero-order valence-electron chi connectivity index (χ0n) is 19.5. The van der Waals surface area contributed by atoms with Crippen LogP contribution in [0.3, 0.4) is 0 Å². The van der Waals surface area contributed by atoms with Gasteiger partial charge in [0.15, 0.2) is 21.4 Å². The van der Waals surface area contributed by atoms with Crippen LogP contribution in [0.25, 0.3) is 0 Å². The van der Waals surface area contributed by atoms with Crippen molar-refractivity contribution in [2.45, 2.75) is 58.3 Å². The number of carbonyl (C=O) groups is 2. The van der Waals surface area contributed by atoms with E-state index in [-0.39, 0.29) is 41.0 Å². The number of rotatable bonds is 13. The fourth-order valence-electron chi connectivity index (χ4n) is 4.00. The molecular weight excluding hydrogens is 447 g/mol. The summed E-state index contributed by atoms with van der Waals surface area (Å²) >= 11 is 0. The molecule has 1 aromatic rings. The van der Waals surface area contributed by atoms with E-state index < -0.39 is 15.7 Å². The molecule has 1 saturated carbocycles. The fraction of sp³-hybridized carbons (Fsp3) is 0.667. The first kappa shape index (κ1) is 25.5. The molecule has 0 aromatic heterocycles. The van der Waals surface area contributed by atoms with Crippen LogP contribution in [0.4, 0.5) is 9.18 Å². The number of nitrogens with one attached hydrogen (secondary N) is 1. The summed E-state index contributed by atoms with van der Waals surface area (Å²) in [7, 11) is -3.31. The van der Waals surface area contributed by atoms with E-state index in [9.17, 15) is 22.4 Å². The summed E-state index contributed by atoms with van der Waals surface area (Å²) in [6, 6.07) is 4.31. The van der Waals surface area contributed by atoms with Crippen LogP contribution < -0.4 is 10.1 Å². The molecular formula is C24H35FN2O5S. The van der Waals surface area contributed by atoms with Crippen LogP contribution in [0.15, 0.2) is 18.2 Å². The molecule has 2 aliphatic rings. The highest BCUT2D eigenvalue weighted by atomic mass is 32.2. The first-order valence-electron chi connectivity index (χ1n) is 11.9. The van der Waals surface area contributed by atoms with Crippen molar-refractivity contribution in [2.24, 2.45) is 11.8 Å². The van der Waals surface area contributed by atoms with Gasteiger partial charge in [0.2, 0.25) is 5.91 Å². The average Bonchev–Trinajstić information content (AvgIpc) is 3.57. The van der Waals surface area contributed by atoms with Crippen LogP contribution in [0.5, 0.6) is 5.75 Å². The SMILES string of the molecule is CC(C)[C@@H](CS(=O)(=O)CCCCCN1CCC(=O)NC1=O)c1ccc(F)c(OCC2CC2)c1. The largest absolute Gasteiger partial charge is 0.490 e. The Bertz CT molecular complexity index is 946. The summed E-state index contributed by atoms with van der Waals surface area (Å²) < 4.78 is 45.5. The standard InChI is InChI=1S/C24H35FN2O5S/c1-17(2)20(19-8-9-21(25)22(14-19)32-15-18-6-7-18)16-33(30,31)13-5-3-4-11-27-12-10-23(28)26-24(27)29/h8-9,14,17-18,20H,3-7,10-13,15-16H2,1-2H3,(H,26,28,29)/t20-/m1/s1. The highest BCUT2D eigenvalue weighted by Crippen LogP contribution is 2.33. The van der Waals surface area contributed by atoms with Gasteiger partial charge in [-0.15, -0.1) is 0 Å². The molecule has 1 heterocycles. The maximum absolute atomic E-state index is 14.2. The summed E-state index contributed by atoms with van der Waals surface area (Å²) in [5.74, 6) is -0.0640. The van der Waals surface area contributed by atoms with Crippen LogP contribution in [-0.4, -0.2) is 56.5 Å². The number of halogens is 1. The lowest BCUT2D eigenvalue weighted by atomic mass is 9.90. The Kier molecular flexibility index (Phi) is 8.73. The van der Waals surface area contributed by atoms with E-state index in [1.807, 2.05) is 13.8 Å². The van der Waals surface area contributed by atoms with E-state index in [1.54, 1.807) is 17.0 Å². The van der Waals surface area contributed by atoms with E-state index in [4.69, 9.17) is 4.74 Å². The van der Waals surface area contributed by atoms with Crippen LogP contribution in [-0.2, 0) is 14.6 Å². The topological polar surface area (TPSA) is 92.8 Å². The summed E-state index contributed by atoms with van der Waals surface area (Å²) in [6.07, 6.45) is 4.40. The minimum Gasteiger partial charge on any atom is -0.490 e. The minimum absolute atomic E-state index is 0.00894. The number of nitrogens with zero attached hydrogens (tertiary/aromatic N) is 1. The molecule has 1 atom stereocenters. The molecule has 33 heavy (non-hydrogen) atoms. The second kappa shape index (κ2) is 11.3. The normalized spacial score (nSPS) is 17.9. The molecule has 0 unspecified atom stereocenters. The van der Waals surface area contributed by atoms with Gasteiger partial charge in [0, 0.05) is 25.4 Å². The van der Waals surface area contributed by atoms with Crippen LogP contribution in [0, 0.1) is 17.7 Å². The van der Waals surface area contributed by atoms with Gasteiger partial charge < -0.3 is 9.64 Å². The predicted octanol–water partition coefficient (Wildman–Crippen LogP) is 3.88. The number of urea groups is 1. The van der Waals surface area contributed by atoms with E-state index in [2.05, 4.69) is 5.32 Å². The Labute approximate surface area is 196 Å². The van der Waals surface area contributed by atoms with Gasteiger partial charge in [-0.1, -0.05) is 26.3 Å². The quantitative estimate of drug-likeness (QED) is 0.431. The van der Waals surface area contributed by atoms with Gasteiger partial charge >= 0.3 is 6.03 Å². The van der Waals surface area contributed by atoms with Crippen molar-refractivity contribution in [3.63, 3.8) is 0 Å². The third kappa shape index (κ3) is 7.98. The third-order valence-electron chi connectivity index (χ3n) is 6.32. The number of unbranched alkanes of at least 4 members (excludes halogenated alkanes) is 2. The molecule has 3 amide bonds. The Balaban J connectivity index is 1.49. The van der Waals surface area contributed by atoms with Crippen LogP contribution in [0.2, 0.25) is 0 Å². The zero-order chi connectivity index (χ0) is 24.0. The lowest BCUT2D eigenvalue weighted by molar-refractivity contribution is -0.121. The summed E-state index contributed by atoms with van der Waals surface area (Å²) in [4.78, 5) is 24.5. The molecule has 1 N–H and O–H groups in total. The van der Waals surface area contributed by atoms with E-state index in [0.29, 0.717) is 51.3 Å². The summed E-state index contributed by atoms with van der Waals surface area (Å²) in [5, 5.41) is 2.29. The number of hydrogen-bond donors (Lipinski definition) is 1.